The van der Waals surface area contributed by atoms with Gasteiger partial charge in [0.1, 0.15) is 12.6 Å². The number of halogens is 3. The lowest BCUT2D eigenvalue weighted by molar-refractivity contribution is -0.140. The van der Waals surface area contributed by atoms with Crippen LogP contribution >= 0.6 is 34.8 Å². The van der Waals surface area contributed by atoms with Gasteiger partial charge >= 0.3 is 0 Å². The molecule has 0 aromatic heterocycles. The second-order valence-electron chi connectivity index (χ2n) is 8.77. The maximum atomic E-state index is 14.0. The van der Waals surface area contributed by atoms with Gasteiger partial charge in [0.25, 0.3) is 10.0 Å². The van der Waals surface area contributed by atoms with E-state index in [1.54, 1.807) is 49.4 Å². The molecule has 7 nitrogen and oxygen atoms in total. The molecule has 3 aromatic rings. The number of hydrogen-bond acceptors (Lipinski definition) is 4. The molecule has 1 N–H and O–H groups in total. The van der Waals surface area contributed by atoms with Gasteiger partial charge in [-0.2, -0.15) is 0 Å². The molecule has 11 heteroatoms. The average Bonchev–Trinajstić information content (AvgIpc) is 2.91. The predicted octanol–water partition coefficient (Wildman–Crippen LogP) is 6.18. The standard InChI is InChI=1S/C28H30Cl3N3O4S/c1-3-16-32-28(36)26(4-2)33(18-20-8-5-6-11-25(20)31)27(35)19-34(23-10-7-9-22(30)17-23)39(37,38)24-14-12-21(29)13-15-24/h5-15,17,26H,3-4,16,18-19H2,1-2H3,(H,32,36). The molecular formula is C28H30Cl3N3O4S. The molecule has 0 aliphatic rings. The van der Waals surface area contributed by atoms with Gasteiger partial charge in [-0.15, -0.1) is 0 Å². The number of rotatable bonds is 12. The van der Waals surface area contributed by atoms with E-state index < -0.39 is 28.5 Å². The quantitative estimate of drug-likeness (QED) is 0.266. The zero-order valence-corrected chi connectivity index (χ0v) is 24.7. The van der Waals surface area contributed by atoms with Gasteiger partial charge in [-0.3, -0.25) is 13.9 Å². The van der Waals surface area contributed by atoms with Gasteiger partial charge in [0.05, 0.1) is 10.6 Å². The van der Waals surface area contributed by atoms with Crippen LogP contribution in [0.15, 0.2) is 77.7 Å². The van der Waals surface area contributed by atoms with Crippen LogP contribution in [0.25, 0.3) is 0 Å². The van der Waals surface area contributed by atoms with E-state index in [1.807, 2.05) is 6.92 Å². The fourth-order valence-electron chi connectivity index (χ4n) is 3.99. The van der Waals surface area contributed by atoms with Crippen LogP contribution in [0.1, 0.15) is 32.3 Å². The van der Waals surface area contributed by atoms with Gasteiger partial charge in [0.15, 0.2) is 0 Å². The summed E-state index contributed by atoms with van der Waals surface area (Å²) in [6.07, 6.45) is 1.04. The molecule has 1 unspecified atom stereocenters. The molecule has 3 aromatic carbocycles. The molecule has 3 rings (SSSR count). The predicted molar refractivity (Wildman–Crippen MR) is 157 cm³/mol. The minimum atomic E-state index is -4.22. The number of nitrogens with zero attached hydrogens (tertiary/aromatic N) is 2. The Morgan fingerprint density at radius 2 is 1.59 bits per heavy atom. The maximum Gasteiger partial charge on any atom is 0.264 e. The minimum absolute atomic E-state index is 0.0148. The molecule has 0 heterocycles. The molecule has 39 heavy (non-hydrogen) atoms. The van der Waals surface area contributed by atoms with Crippen molar-refractivity contribution < 1.29 is 18.0 Å². The second-order valence-corrected chi connectivity index (χ2v) is 11.9. The van der Waals surface area contributed by atoms with Gasteiger partial charge in [0, 0.05) is 28.2 Å². The SMILES string of the molecule is CCCNC(=O)C(CC)N(Cc1ccccc1Cl)C(=O)CN(c1cccc(Cl)c1)S(=O)(=O)c1ccc(Cl)cc1. The first kappa shape index (κ1) is 30.8. The summed E-state index contributed by atoms with van der Waals surface area (Å²) in [5.41, 5.74) is 0.830. The second kappa shape index (κ2) is 14.0. The van der Waals surface area contributed by atoms with Crippen LogP contribution in [-0.2, 0) is 26.2 Å². The summed E-state index contributed by atoms with van der Waals surface area (Å²) < 4.78 is 28.6. The zero-order chi connectivity index (χ0) is 28.6. The van der Waals surface area contributed by atoms with Gasteiger partial charge in [-0.1, -0.05) is 72.9 Å². The van der Waals surface area contributed by atoms with Gasteiger partial charge < -0.3 is 10.2 Å². The van der Waals surface area contributed by atoms with Crippen molar-refractivity contribution in [3.63, 3.8) is 0 Å². The Morgan fingerprint density at radius 1 is 0.897 bits per heavy atom. The third-order valence-corrected chi connectivity index (χ3v) is 8.65. The number of amides is 2. The summed E-state index contributed by atoms with van der Waals surface area (Å²) in [5, 5.41) is 3.95. The molecule has 0 aliphatic carbocycles. The van der Waals surface area contributed by atoms with Crippen molar-refractivity contribution in [1.29, 1.82) is 0 Å². The lowest BCUT2D eigenvalue weighted by Crippen LogP contribution is -2.52. The number of carbonyl (C=O) groups excluding carboxylic acids is 2. The Morgan fingerprint density at radius 3 is 2.21 bits per heavy atom. The molecule has 1 atom stereocenters. The Bertz CT molecular complexity index is 1400. The zero-order valence-electron chi connectivity index (χ0n) is 21.6. The van der Waals surface area contributed by atoms with Crippen molar-refractivity contribution in [2.45, 2.75) is 44.2 Å². The first-order valence-electron chi connectivity index (χ1n) is 12.4. The molecular weight excluding hydrogens is 581 g/mol. The molecule has 0 saturated carbocycles. The van der Waals surface area contributed by atoms with Crippen molar-refractivity contribution in [2.75, 3.05) is 17.4 Å². The van der Waals surface area contributed by atoms with E-state index in [9.17, 15) is 18.0 Å². The van der Waals surface area contributed by atoms with Gasteiger partial charge in [-0.05, 0) is 66.9 Å². The Kier molecular flexibility index (Phi) is 11.1. The molecule has 2 amide bonds. The van der Waals surface area contributed by atoms with Gasteiger partial charge in [0.2, 0.25) is 11.8 Å². The summed E-state index contributed by atoms with van der Waals surface area (Å²) in [4.78, 5) is 28.4. The van der Waals surface area contributed by atoms with Crippen LogP contribution in [0, 0.1) is 0 Å². The fraction of sp³-hybridized carbons (Fsp3) is 0.286. The topological polar surface area (TPSA) is 86.8 Å². The summed E-state index contributed by atoms with van der Waals surface area (Å²) >= 11 is 18.6. The van der Waals surface area contributed by atoms with Crippen LogP contribution in [0.3, 0.4) is 0 Å². The first-order valence-corrected chi connectivity index (χ1v) is 15.0. The Labute approximate surface area is 244 Å². The summed E-state index contributed by atoms with van der Waals surface area (Å²) in [5.74, 6) is -0.902. The summed E-state index contributed by atoms with van der Waals surface area (Å²) in [6, 6.07) is 18.0. The molecule has 0 saturated heterocycles. The molecule has 0 bridgehead atoms. The smallest absolute Gasteiger partial charge is 0.264 e. The van der Waals surface area contributed by atoms with Crippen molar-refractivity contribution in [1.82, 2.24) is 10.2 Å². The average molecular weight is 611 g/mol. The Hall–Kier alpha value is -2.78. The minimum Gasteiger partial charge on any atom is -0.354 e. The van der Waals surface area contributed by atoms with E-state index >= 15 is 0 Å². The van der Waals surface area contributed by atoms with Crippen LogP contribution in [-0.4, -0.2) is 44.3 Å². The normalized spacial score (nSPS) is 12.0. The number of carbonyl (C=O) groups is 2. The highest BCUT2D eigenvalue weighted by molar-refractivity contribution is 7.92. The van der Waals surface area contributed by atoms with E-state index in [2.05, 4.69) is 5.32 Å². The van der Waals surface area contributed by atoms with Crippen molar-refractivity contribution in [3.8, 4) is 0 Å². The number of anilines is 1. The van der Waals surface area contributed by atoms with Crippen molar-refractivity contribution in [3.05, 3.63) is 93.4 Å². The largest absolute Gasteiger partial charge is 0.354 e. The van der Waals surface area contributed by atoms with E-state index in [4.69, 9.17) is 34.8 Å². The fourth-order valence-corrected chi connectivity index (χ4v) is 5.90. The lowest BCUT2D eigenvalue weighted by atomic mass is 10.1. The van der Waals surface area contributed by atoms with Crippen LogP contribution in [0.4, 0.5) is 5.69 Å². The molecule has 0 spiro atoms. The monoisotopic (exact) mass is 609 g/mol. The highest BCUT2D eigenvalue weighted by Crippen LogP contribution is 2.28. The molecule has 0 radical (unpaired) electrons. The van der Waals surface area contributed by atoms with E-state index in [0.29, 0.717) is 33.6 Å². The number of nitrogens with one attached hydrogen (secondary N) is 1. The number of sulfonamides is 1. The van der Waals surface area contributed by atoms with Crippen LogP contribution < -0.4 is 9.62 Å². The first-order chi connectivity index (χ1) is 18.6. The molecule has 0 aliphatic heterocycles. The third-order valence-electron chi connectivity index (χ3n) is 6.01. The van der Waals surface area contributed by atoms with Crippen LogP contribution in [0.2, 0.25) is 15.1 Å². The molecule has 208 valence electrons. The van der Waals surface area contributed by atoms with Crippen molar-refractivity contribution in [2.24, 2.45) is 0 Å². The van der Waals surface area contributed by atoms with Crippen molar-refractivity contribution >= 4 is 62.3 Å². The van der Waals surface area contributed by atoms with Crippen LogP contribution in [0.5, 0.6) is 0 Å². The lowest BCUT2D eigenvalue weighted by Gasteiger charge is -2.33. The third kappa shape index (κ3) is 7.88. The highest BCUT2D eigenvalue weighted by atomic mass is 35.5. The summed E-state index contributed by atoms with van der Waals surface area (Å²) in [7, 11) is -4.22. The highest BCUT2D eigenvalue weighted by Gasteiger charge is 2.34. The maximum absolute atomic E-state index is 14.0. The molecule has 0 fully saturated rings. The Balaban J connectivity index is 2.06. The van der Waals surface area contributed by atoms with E-state index in [-0.39, 0.29) is 23.0 Å². The number of benzene rings is 3. The number of hydrogen-bond donors (Lipinski definition) is 1. The van der Waals surface area contributed by atoms with E-state index in [0.717, 1.165) is 10.7 Å². The van der Waals surface area contributed by atoms with Gasteiger partial charge in [-0.25, -0.2) is 8.42 Å². The van der Waals surface area contributed by atoms with E-state index in [1.165, 1.54) is 35.2 Å². The summed E-state index contributed by atoms with van der Waals surface area (Å²) in [6.45, 7) is 3.61.